The van der Waals surface area contributed by atoms with Crippen molar-refractivity contribution in [1.29, 1.82) is 0 Å². The van der Waals surface area contributed by atoms with Crippen molar-refractivity contribution in [2.75, 3.05) is 0 Å². The van der Waals surface area contributed by atoms with E-state index in [1.54, 1.807) is 0 Å². The van der Waals surface area contributed by atoms with Crippen LogP contribution in [0.15, 0.2) is 18.2 Å². The maximum Gasteiger partial charge on any atom is 0.216 e. The van der Waals surface area contributed by atoms with E-state index in [0.29, 0.717) is 0 Å². The van der Waals surface area contributed by atoms with Gasteiger partial charge in [-0.2, -0.15) is 0 Å². The molecule has 0 N–H and O–H groups in total. The Bertz CT molecular complexity index is 358. The van der Waals surface area contributed by atoms with Crippen molar-refractivity contribution >= 4 is 41.0 Å². The molecule has 1 aromatic carbocycles. The molecule has 0 spiro atoms. The summed E-state index contributed by atoms with van der Waals surface area (Å²) in [5.74, 6) is 0.785. The molecule has 13 heavy (non-hydrogen) atoms. The molecule has 0 aromatic heterocycles. The van der Waals surface area contributed by atoms with Crippen molar-refractivity contribution in [3.05, 3.63) is 29.3 Å². The number of benzene rings is 1. The second kappa shape index (κ2) is 4.26. The minimum atomic E-state index is -2.21. The quantitative estimate of drug-likeness (QED) is 0.611. The summed E-state index contributed by atoms with van der Waals surface area (Å²) in [6, 6.07) is 5.85. The first kappa shape index (κ1) is 11.4. The van der Waals surface area contributed by atoms with Crippen LogP contribution in [-0.4, -0.2) is 0 Å². The molecule has 0 saturated carbocycles. The monoisotopic (exact) mass is 250 g/mol. The summed E-state index contributed by atoms with van der Waals surface area (Å²) in [4.78, 5) is 0. The summed E-state index contributed by atoms with van der Waals surface area (Å²) in [6.45, 7) is 4.03. The zero-order chi connectivity index (χ0) is 10.1. The third kappa shape index (κ3) is 3.55. The van der Waals surface area contributed by atoms with E-state index in [1.807, 2.05) is 32.0 Å². The fraction of sp³-hybridized carbons (Fsp3) is 0.250. The molecular weight excluding hydrogens is 239 g/mol. The standard InChI is InChI=1S/C8H11OPS3/c1-6-4-3-5-8(7(6)2)9-10(11,12)13/h3-5H,1-2H3,(H2,11,12,13). The van der Waals surface area contributed by atoms with E-state index in [-0.39, 0.29) is 0 Å². The lowest BCUT2D eigenvalue weighted by Gasteiger charge is -2.14. The molecule has 5 heteroatoms. The van der Waals surface area contributed by atoms with Crippen LogP contribution >= 0.6 is 29.2 Å². The SMILES string of the molecule is Cc1cccc(OP(=S)(S)S)c1C. The van der Waals surface area contributed by atoms with E-state index in [2.05, 4.69) is 24.5 Å². The molecule has 0 aliphatic rings. The highest BCUT2D eigenvalue weighted by Gasteiger charge is 2.09. The molecule has 0 amide bonds. The van der Waals surface area contributed by atoms with Crippen LogP contribution < -0.4 is 4.52 Å². The minimum Gasteiger partial charge on any atom is -0.448 e. The molecule has 0 saturated heterocycles. The van der Waals surface area contributed by atoms with Gasteiger partial charge in [-0.25, -0.2) is 0 Å². The molecule has 1 rings (SSSR count). The Hall–Kier alpha value is 0.370. The lowest BCUT2D eigenvalue weighted by Crippen LogP contribution is -1.88. The lowest BCUT2D eigenvalue weighted by molar-refractivity contribution is 0.631. The van der Waals surface area contributed by atoms with E-state index in [9.17, 15) is 0 Å². The van der Waals surface area contributed by atoms with Crippen LogP contribution in [0.5, 0.6) is 5.75 Å². The Balaban J connectivity index is 3.03. The molecular formula is C8H11OPS3. The fourth-order valence-corrected chi connectivity index (χ4v) is 2.17. The molecule has 0 atom stereocenters. The summed E-state index contributed by atoms with van der Waals surface area (Å²) in [5.41, 5.74) is 2.28. The first-order valence-electron chi connectivity index (χ1n) is 3.71. The second-order valence-electron chi connectivity index (χ2n) is 2.78. The number of thiol groups is 2. The third-order valence-corrected chi connectivity index (χ3v) is 2.92. The molecule has 1 nitrogen and oxygen atoms in total. The minimum absolute atomic E-state index is 0.785. The van der Waals surface area contributed by atoms with Gasteiger partial charge < -0.3 is 4.52 Å². The van der Waals surface area contributed by atoms with Gasteiger partial charge in [0.15, 0.2) is 0 Å². The highest BCUT2D eigenvalue weighted by atomic mass is 33.2. The predicted molar refractivity (Wildman–Crippen MR) is 68.8 cm³/mol. The average molecular weight is 250 g/mol. The van der Waals surface area contributed by atoms with Crippen LogP contribution in [0.4, 0.5) is 0 Å². The van der Waals surface area contributed by atoms with Gasteiger partial charge in [-0.3, -0.25) is 0 Å². The molecule has 0 bridgehead atoms. The highest BCUT2D eigenvalue weighted by molar-refractivity contribution is 8.90. The molecule has 0 radical (unpaired) electrons. The van der Waals surface area contributed by atoms with Crippen molar-refractivity contribution in [3.63, 3.8) is 0 Å². The van der Waals surface area contributed by atoms with E-state index in [1.165, 1.54) is 5.56 Å². The summed E-state index contributed by atoms with van der Waals surface area (Å²) in [7, 11) is 0. The number of hydrogen-bond donors (Lipinski definition) is 2. The van der Waals surface area contributed by atoms with Gasteiger partial charge in [-0.05, 0) is 42.8 Å². The molecule has 1 aromatic rings. The van der Waals surface area contributed by atoms with Gasteiger partial charge in [-0.1, -0.05) is 36.6 Å². The Morgan fingerprint density at radius 3 is 2.46 bits per heavy atom. The van der Waals surface area contributed by atoms with Gasteiger partial charge in [0.2, 0.25) is 4.67 Å². The topological polar surface area (TPSA) is 9.23 Å². The highest BCUT2D eigenvalue weighted by Crippen LogP contribution is 2.56. The van der Waals surface area contributed by atoms with Gasteiger partial charge in [-0.15, -0.1) is 0 Å². The van der Waals surface area contributed by atoms with E-state index >= 15 is 0 Å². The normalized spacial score (nSPS) is 11.4. The smallest absolute Gasteiger partial charge is 0.216 e. The molecule has 72 valence electrons. The zero-order valence-electron chi connectivity index (χ0n) is 7.39. The van der Waals surface area contributed by atoms with Crippen LogP contribution in [0, 0.1) is 13.8 Å². The molecule has 0 unspecified atom stereocenters. The molecule has 0 heterocycles. The predicted octanol–water partition coefficient (Wildman–Crippen LogP) is 3.77. The van der Waals surface area contributed by atoms with E-state index in [0.717, 1.165) is 11.3 Å². The average Bonchev–Trinajstić information content (AvgIpc) is 1.96. The summed E-state index contributed by atoms with van der Waals surface area (Å²) < 4.78 is 3.26. The van der Waals surface area contributed by atoms with Gasteiger partial charge in [0.25, 0.3) is 0 Å². The molecule has 0 aliphatic heterocycles. The van der Waals surface area contributed by atoms with Gasteiger partial charge >= 0.3 is 0 Å². The fourth-order valence-electron chi connectivity index (χ4n) is 0.951. The largest absolute Gasteiger partial charge is 0.448 e. The summed E-state index contributed by atoms with van der Waals surface area (Å²) in [5, 5.41) is 0. The van der Waals surface area contributed by atoms with Crippen molar-refractivity contribution in [1.82, 2.24) is 0 Å². The first-order valence-corrected chi connectivity index (χ1v) is 8.74. The van der Waals surface area contributed by atoms with Gasteiger partial charge in [0.05, 0.1) is 0 Å². The number of rotatable bonds is 2. The van der Waals surface area contributed by atoms with Crippen molar-refractivity contribution in [3.8, 4) is 5.75 Å². The third-order valence-electron chi connectivity index (χ3n) is 1.77. The Kier molecular flexibility index (Phi) is 3.75. The van der Waals surface area contributed by atoms with Crippen molar-refractivity contribution in [2.45, 2.75) is 13.8 Å². The van der Waals surface area contributed by atoms with Gasteiger partial charge in [0.1, 0.15) is 5.75 Å². The Labute approximate surface area is 94.3 Å². The van der Waals surface area contributed by atoms with E-state index < -0.39 is 4.67 Å². The maximum atomic E-state index is 5.47. The van der Waals surface area contributed by atoms with Crippen LogP contribution in [0.25, 0.3) is 0 Å². The first-order chi connectivity index (χ1) is 5.90. The lowest BCUT2D eigenvalue weighted by atomic mass is 10.1. The second-order valence-corrected chi connectivity index (χ2v) is 11.4. The summed E-state index contributed by atoms with van der Waals surface area (Å²) in [6.07, 6.45) is 0. The van der Waals surface area contributed by atoms with Gasteiger partial charge in [0, 0.05) is 0 Å². The summed E-state index contributed by atoms with van der Waals surface area (Å²) >= 11 is 13.2. The number of aryl methyl sites for hydroxylation is 1. The molecule has 0 fully saturated rings. The maximum absolute atomic E-state index is 5.47. The Morgan fingerprint density at radius 2 is 1.92 bits per heavy atom. The van der Waals surface area contributed by atoms with Crippen LogP contribution in [-0.2, 0) is 11.8 Å². The zero-order valence-corrected chi connectivity index (χ0v) is 10.9. The van der Waals surface area contributed by atoms with Crippen molar-refractivity contribution in [2.24, 2.45) is 0 Å². The van der Waals surface area contributed by atoms with Crippen LogP contribution in [0.2, 0.25) is 0 Å². The molecule has 0 aliphatic carbocycles. The van der Waals surface area contributed by atoms with Crippen LogP contribution in [0.3, 0.4) is 0 Å². The van der Waals surface area contributed by atoms with Crippen molar-refractivity contribution < 1.29 is 4.52 Å². The number of hydrogen-bond acceptors (Lipinski definition) is 2. The van der Waals surface area contributed by atoms with E-state index in [4.69, 9.17) is 16.3 Å². The van der Waals surface area contributed by atoms with Crippen LogP contribution in [0.1, 0.15) is 11.1 Å². The Morgan fingerprint density at radius 1 is 1.31 bits per heavy atom.